The van der Waals surface area contributed by atoms with E-state index in [4.69, 9.17) is 9.26 Å². The summed E-state index contributed by atoms with van der Waals surface area (Å²) in [6.45, 7) is 1.79. The zero-order valence-corrected chi connectivity index (χ0v) is 10.5. The van der Waals surface area contributed by atoms with Crippen LogP contribution in [0.4, 0.5) is 8.78 Å². The van der Waals surface area contributed by atoms with E-state index >= 15 is 0 Å². The van der Waals surface area contributed by atoms with Crippen molar-refractivity contribution < 1.29 is 18.0 Å². The van der Waals surface area contributed by atoms with Gasteiger partial charge in [0.25, 0.3) is 0 Å². The number of hydrogen-bond donors (Lipinski definition) is 1. The van der Waals surface area contributed by atoms with E-state index in [1.165, 1.54) is 12.1 Å². The average molecular weight is 268 g/mol. The molecule has 0 aliphatic rings. The van der Waals surface area contributed by atoms with Gasteiger partial charge in [-0.3, -0.25) is 0 Å². The molecule has 0 unspecified atom stereocenters. The molecule has 0 amide bonds. The number of benzene rings is 1. The Hall–Kier alpha value is -1.79. The summed E-state index contributed by atoms with van der Waals surface area (Å²) in [5.74, 6) is -0.959. The van der Waals surface area contributed by atoms with E-state index in [9.17, 15) is 8.78 Å². The van der Waals surface area contributed by atoms with E-state index in [1.54, 1.807) is 13.2 Å². The highest BCUT2D eigenvalue weighted by Crippen LogP contribution is 2.22. The Labute approximate surface area is 109 Å². The second kappa shape index (κ2) is 6.40. The molecule has 0 bridgehead atoms. The maximum Gasteiger partial charge on any atom is 0.167 e. The van der Waals surface area contributed by atoms with Crippen molar-refractivity contribution in [2.45, 2.75) is 6.54 Å². The van der Waals surface area contributed by atoms with Gasteiger partial charge in [0.05, 0.1) is 12.3 Å². The normalized spacial score (nSPS) is 10.9. The number of hydrogen-bond acceptors (Lipinski definition) is 4. The molecule has 6 heteroatoms. The lowest BCUT2D eigenvalue weighted by Crippen LogP contribution is -2.18. The van der Waals surface area contributed by atoms with Crippen LogP contribution in [0.1, 0.15) is 5.69 Å². The lowest BCUT2D eigenvalue weighted by molar-refractivity contribution is 0.199. The van der Waals surface area contributed by atoms with Crippen LogP contribution in [-0.4, -0.2) is 25.4 Å². The van der Waals surface area contributed by atoms with Gasteiger partial charge in [-0.05, 0) is 12.1 Å². The maximum absolute atomic E-state index is 13.1. The SMILES string of the molecule is COCCNCc1cc(-c2cc(F)cc(F)c2)on1. The van der Waals surface area contributed by atoms with Gasteiger partial charge < -0.3 is 14.6 Å². The first-order chi connectivity index (χ1) is 9.19. The molecule has 1 aromatic heterocycles. The zero-order chi connectivity index (χ0) is 13.7. The monoisotopic (exact) mass is 268 g/mol. The van der Waals surface area contributed by atoms with Gasteiger partial charge in [0, 0.05) is 37.9 Å². The third-order valence-corrected chi connectivity index (χ3v) is 2.50. The number of aromatic nitrogens is 1. The molecule has 0 radical (unpaired) electrons. The Balaban J connectivity index is 2.03. The topological polar surface area (TPSA) is 47.3 Å². The summed E-state index contributed by atoms with van der Waals surface area (Å²) < 4.78 is 36.1. The van der Waals surface area contributed by atoms with Gasteiger partial charge >= 0.3 is 0 Å². The summed E-state index contributed by atoms with van der Waals surface area (Å²) in [5, 5.41) is 6.92. The molecule has 4 nitrogen and oxygen atoms in total. The Morgan fingerprint density at radius 2 is 1.95 bits per heavy atom. The minimum Gasteiger partial charge on any atom is -0.383 e. The highest BCUT2D eigenvalue weighted by molar-refractivity contribution is 5.57. The van der Waals surface area contributed by atoms with Crippen molar-refractivity contribution in [2.75, 3.05) is 20.3 Å². The third kappa shape index (κ3) is 3.84. The van der Waals surface area contributed by atoms with Crippen molar-refractivity contribution in [3.8, 4) is 11.3 Å². The molecule has 0 atom stereocenters. The molecule has 0 fully saturated rings. The Morgan fingerprint density at radius 1 is 1.21 bits per heavy atom. The average Bonchev–Trinajstić information content (AvgIpc) is 2.82. The predicted molar refractivity (Wildman–Crippen MR) is 65.4 cm³/mol. The Bertz CT molecular complexity index is 523. The number of nitrogens with zero attached hydrogens (tertiary/aromatic N) is 1. The smallest absolute Gasteiger partial charge is 0.167 e. The largest absolute Gasteiger partial charge is 0.383 e. The first kappa shape index (κ1) is 13.6. The summed E-state index contributed by atoms with van der Waals surface area (Å²) in [5.41, 5.74) is 0.990. The molecule has 0 aliphatic carbocycles. The molecule has 2 aromatic rings. The van der Waals surface area contributed by atoms with Crippen molar-refractivity contribution in [3.63, 3.8) is 0 Å². The molecule has 0 spiro atoms. The van der Waals surface area contributed by atoms with E-state index < -0.39 is 11.6 Å². The van der Waals surface area contributed by atoms with Crippen molar-refractivity contribution >= 4 is 0 Å². The molecule has 1 heterocycles. The number of nitrogens with one attached hydrogen (secondary N) is 1. The second-order valence-electron chi connectivity index (χ2n) is 4.01. The molecule has 19 heavy (non-hydrogen) atoms. The van der Waals surface area contributed by atoms with Crippen LogP contribution in [0.25, 0.3) is 11.3 Å². The van der Waals surface area contributed by atoms with Crippen LogP contribution in [0.2, 0.25) is 0 Å². The first-order valence-electron chi connectivity index (χ1n) is 5.81. The van der Waals surface area contributed by atoms with Crippen molar-refractivity contribution in [1.29, 1.82) is 0 Å². The third-order valence-electron chi connectivity index (χ3n) is 2.50. The summed E-state index contributed by atoms with van der Waals surface area (Å²) in [7, 11) is 1.62. The molecular formula is C13H14F2N2O2. The van der Waals surface area contributed by atoms with Crippen LogP contribution < -0.4 is 5.32 Å². The fourth-order valence-corrected chi connectivity index (χ4v) is 1.62. The Morgan fingerprint density at radius 3 is 2.63 bits per heavy atom. The summed E-state index contributed by atoms with van der Waals surface area (Å²) in [6, 6.07) is 4.86. The van der Waals surface area contributed by atoms with Crippen LogP contribution in [0.15, 0.2) is 28.8 Å². The number of ether oxygens (including phenoxy) is 1. The molecule has 1 N–H and O–H groups in total. The minimum absolute atomic E-state index is 0.327. The zero-order valence-electron chi connectivity index (χ0n) is 10.5. The fraction of sp³-hybridized carbons (Fsp3) is 0.308. The van der Waals surface area contributed by atoms with E-state index in [0.29, 0.717) is 36.7 Å². The summed E-state index contributed by atoms with van der Waals surface area (Å²) in [4.78, 5) is 0. The number of methoxy groups -OCH3 is 1. The van der Waals surface area contributed by atoms with E-state index in [0.717, 1.165) is 6.07 Å². The molecule has 102 valence electrons. The molecular weight excluding hydrogens is 254 g/mol. The van der Waals surface area contributed by atoms with E-state index in [2.05, 4.69) is 10.5 Å². The van der Waals surface area contributed by atoms with Crippen molar-refractivity contribution in [1.82, 2.24) is 10.5 Å². The molecule has 0 saturated heterocycles. The molecule has 0 aliphatic heterocycles. The van der Waals surface area contributed by atoms with E-state index in [-0.39, 0.29) is 0 Å². The maximum atomic E-state index is 13.1. The van der Waals surface area contributed by atoms with Crippen LogP contribution in [0.3, 0.4) is 0 Å². The van der Waals surface area contributed by atoms with Gasteiger partial charge in [-0.15, -0.1) is 0 Å². The van der Waals surface area contributed by atoms with Crippen molar-refractivity contribution in [3.05, 3.63) is 41.6 Å². The summed E-state index contributed by atoms with van der Waals surface area (Å²) >= 11 is 0. The standard InChI is InChI=1S/C13H14F2N2O2/c1-18-3-2-16-8-12-7-13(19-17-12)9-4-10(14)6-11(15)5-9/h4-7,16H,2-3,8H2,1H3. The van der Waals surface area contributed by atoms with Gasteiger partial charge in [0.15, 0.2) is 5.76 Å². The highest BCUT2D eigenvalue weighted by atomic mass is 19.1. The van der Waals surface area contributed by atoms with Gasteiger partial charge in [0.2, 0.25) is 0 Å². The second-order valence-corrected chi connectivity index (χ2v) is 4.01. The summed E-state index contributed by atoms with van der Waals surface area (Å²) in [6.07, 6.45) is 0. The fourth-order valence-electron chi connectivity index (χ4n) is 1.62. The molecule has 2 rings (SSSR count). The van der Waals surface area contributed by atoms with Gasteiger partial charge in [-0.25, -0.2) is 8.78 Å². The lowest BCUT2D eigenvalue weighted by Gasteiger charge is -1.99. The first-order valence-corrected chi connectivity index (χ1v) is 5.81. The lowest BCUT2D eigenvalue weighted by atomic mass is 10.1. The number of rotatable bonds is 6. The quantitative estimate of drug-likeness (QED) is 0.817. The van der Waals surface area contributed by atoms with Crippen LogP contribution in [0, 0.1) is 11.6 Å². The van der Waals surface area contributed by atoms with Gasteiger partial charge in [-0.1, -0.05) is 5.16 Å². The predicted octanol–water partition coefficient (Wildman–Crippen LogP) is 2.36. The minimum atomic E-state index is -0.647. The van der Waals surface area contributed by atoms with Gasteiger partial charge in [-0.2, -0.15) is 0 Å². The van der Waals surface area contributed by atoms with Crippen molar-refractivity contribution in [2.24, 2.45) is 0 Å². The molecule has 0 saturated carbocycles. The van der Waals surface area contributed by atoms with Crippen LogP contribution in [0.5, 0.6) is 0 Å². The van der Waals surface area contributed by atoms with Gasteiger partial charge in [0.1, 0.15) is 11.6 Å². The Kier molecular flexibility index (Phi) is 4.59. The highest BCUT2D eigenvalue weighted by Gasteiger charge is 2.09. The molecule has 1 aromatic carbocycles. The number of halogens is 2. The van der Waals surface area contributed by atoms with Crippen LogP contribution >= 0.6 is 0 Å². The van der Waals surface area contributed by atoms with E-state index in [1.807, 2.05) is 0 Å². The van der Waals surface area contributed by atoms with Crippen LogP contribution in [-0.2, 0) is 11.3 Å².